The minimum atomic E-state index is -1.10. The van der Waals surface area contributed by atoms with Crippen molar-refractivity contribution in [2.45, 2.75) is 39.2 Å². The van der Waals surface area contributed by atoms with Gasteiger partial charge in [0, 0.05) is 16.1 Å². The van der Waals surface area contributed by atoms with Crippen molar-refractivity contribution in [3.8, 4) is 5.75 Å². The number of rotatable bonds is 6. The van der Waals surface area contributed by atoms with Gasteiger partial charge in [-0.3, -0.25) is 19.2 Å². The Morgan fingerprint density at radius 3 is 2.18 bits per heavy atom. The highest BCUT2D eigenvalue weighted by Gasteiger charge is 2.54. The highest BCUT2D eigenvalue weighted by atomic mass is 35.5. The molecule has 3 amide bonds. The van der Waals surface area contributed by atoms with Gasteiger partial charge in [-0.2, -0.15) is 5.01 Å². The lowest BCUT2D eigenvalue weighted by Crippen LogP contribution is -2.56. The van der Waals surface area contributed by atoms with Crippen LogP contribution in [0.5, 0.6) is 5.75 Å². The fraction of sp³-hybridized carbons (Fsp3) is 0.385. The molecule has 34 heavy (non-hydrogen) atoms. The van der Waals surface area contributed by atoms with Crippen molar-refractivity contribution in [2.75, 3.05) is 7.11 Å². The van der Waals surface area contributed by atoms with Gasteiger partial charge in [0.1, 0.15) is 11.8 Å². The Morgan fingerprint density at radius 2 is 1.56 bits per heavy atom. The van der Waals surface area contributed by atoms with E-state index in [-0.39, 0.29) is 5.56 Å². The van der Waals surface area contributed by atoms with Crippen molar-refractivity contribution in [2.24, 2.45) is 17.8 Å². The Bertz CT molecular complexity index is 1120. The summed E-state index contributed by atoms with van der Waals surface area (Å²) < 4.78 is 5.15. The minimum Gasteiger partial charge on any atom is -0.497 e. The first-order valence-electron chi connectivity index (χ1n) is 11.4. The van der Waals surface area contributed by atoms with Gasteiger partial charge in [-0.15, -0.1) is 0 Å². The minimum absolute atomic E-state index is 0.225. The highest BCUT2D eigenvalue weighted by molar-refractivity contribution is 6.30. The maximum absolute atomic E-state index is 13.6. The van der Waals surface area contributed by atoms with Crippen LogP contribution >= 0.6 is 11.6 Å². The molecule has 4 rings (SSSR count). The van der Waals surface area contributed by atoms with Gasteiger partial charge >= 0.3 is 0 Å². The number of Topliss-reactive ketones (excluding diaryl/α,β-unsaturated/α-hetero) is 1. The summed E-state index contributed by atoms with van der Waals surface area (Å²) in [4.78, 5) is 53.9. The average molecular weight is 483 g/mol. The van der Waals surface area contributed by atoms with Gasteiger partial charge in [-0.1, -0.05) is 18.5 Å². The van der Waals surface area contributed by atoms with Crippen molar-refractivity contribution in [1.29, 1.82) is 0 Å². The number of methoxy groups -OCH3 is 1. The predicted molar refractivity (Wildman–Crippen MR) is 126 cm³/mol. The number of hydrogen-bond donors (Lipinski definition) is 0. The van der Waals surface area contributed by atoms with E-state index in [2.05, 4.69) is 6.92 Å². The average Bonchev–Trinajstić information content (AvgIpc) is 3.08. The fourth-order valence-corrected chi connectivity index (χ4v) is 4.98. The maximum Gasteiger partial charge on any atom is 0.273 e. The Morgan fingerprint density at radius 1 is 0.971 bits per heavy atom. The lowest BCUT2D eigenvalue weighted by Gasteiger charge is -2.34. The van der Waals surface area contributed by atoms with Gasteiger partial charge in [0.25, 0.3) is 17.7 Å². The second-order valence-corrected chi connectivity index (χ2v) is 9.48. The Balaban J connectivity index is 1.72. The molecule has 0 bridgehead atoms. The molecule has 1 heterocycles. The zero-order chi connectivity index (χ0) is 24.6. The fourth-order valence-electron chi connectivity index (χ4n) is 4.86. The van der Waals surface area contributed by atoms with E-state index in [4.69, 9.17) is 16.3 Å². The Labute approximate surface area is 203 Å². The molecular weight excluding hydrogens is 456 g/mol. The third-order valence-corrected chi connectivity index (χ3v) is 7.05. The number of amides is 3. The van der Waals surface area contributed by atoms with Gasteiger partial charge in [0.05, 0.1) is 18.9 Å². The maximum atomic E-state index is 13.6. The summed E-state index contributed by atoms with van der Waals surface area (Å²) in [5, 5.41) is 2.40. The summed E-state index contributed by atoms with van der Waals surface area (Å²) in [7, 11) is 1.52. The van der Waals surface area contributed by atoms with E-state index < -0.39 is 41.4 Å². The molecule has 2 fully saturated rings. The molecule has 1 aliphatic heterocycles. The zero-order valence-electron chi connectivity index (χ0n) is 19.4. The topological polar surface area (TPSA) is 84.0 Å². The van der Waals surface area contributed by atoms with Crippen molar-refractivity contribution in [3.05, 3.63) is 64.7 Å². The first-order valence-corrected chi connectivity index (χ1v) is 11.8. The smallest absolute Gasteiger partial charge is 0.273 e. The van der Waals surface area contributed by atoms with Crippen molar-refractivity contribution < 1.29 is 23.9 Å². The van der Waals surface area contributed by atoms with Crippen LogP contribution < -0.4 is 4.74 Å². The van der Waals surface area contributed by atoms with E-state index in [0.29, 0.717) is 35.1 Å². The summed E-state index contributed by atoms with van der Waals surface area (Å²) in [6.45, 7) is 3.59. The monoisotopic (exact) mass is 482 g/mol. The molecule has 0 N–H and O–H groups in total. The third kappa shape index (κ3) is 4.32. The Hall–Kier alpha value is -3.19. The molecule has 2 aromatic rings. The van der Waals surface area contributed by atoms with Gasteiger partial charge in [-0.05, 0) is 80.6 Å². The molecule has 2 aliphatic rings. The van der Waals surface area contributed by atoms with Crippen molar-refractivity contribution in [3.63, 3.8) is 0 Å². The van der Waals surface area contributed by atoms with Crippen molar-refractivity contribution in [1.82, 2.24) is 10.0 Å². The number of nitrogens with zero attached hydrogens (tertiary/aromatic N) is 2. The molecule has 1 aliphatic carbocycles. The molecule has 1 saturated carbocycles. The summed E-state index contributed by atoms with van der Waals surface area (Å²) in [6.07, 6.45) is 2.03. The molecule has 7 nitrogen and oxygen atoms in total. The number of hydrazine groups is 1. The van der Waals surface area contributed by atoms with Gasteiger partial charge in [0.15, 0.2) is 5.78 Å². The molecule has 2 aromatic carbocycles. The number of hydrogen-bond acceptors (Lipinski definition) is 5. The SMILES string of the molecule is COc1ccc(C(=O)[C@H](C)N(C(=O)c2ccc(Cl)cc2)N2C(=O)[C@H]3C[C@H](C)CC[C@H]3C2=O)cc1. The van der Waals surface area contributed by atoms with E-state index in [1.807, 2.05) is 0 Å². The molecule has 1 saturated heterocycles. The number of carbonyl (C=O) groups is 4. The summed E-state index contributed by atoms with van der Waals surface area (Å²) in [6, 6.07) is 11.5. The lowest BCUT2D eigenvalue weighted by molar-refractivity contribution is -0.156. The van der Waals surface area contributed by atoms with Crippen LogP contribution in [-0.4, -0.2) is 46.7 Å². The van der Waals surface area contributed by atoms with E-state index in [0.717, 1.165) is 16.4 Å². The summed E-state index contributed by atoms with van der Waals surface area (Å²) in [5.74, 6) is -1.88. The largest absolute Gasteiger partial charge is 0.497 e. The number of ether oxygens (including phenoxy) is 1. The number of halogens is 1. The van der Waals surface area contributed by atoms with Crippen LogP contribution in [0.1, 0.15) is 53.8 Å². The first-order chi connectivity index (χ1) is 16.2. The first kappa shape index (κ1) is 24.0. The van der Waals surface area contributed by atoms with Crippen LogP contribution in [0.4, 0.5) is 0 Å². The number of fused-ring (bicyclic) bond motifs is 1. The van der Waals surface area contributed by atoms with Gasteiger partial charge in [-0.25, -0.2) is 5.01 Å². The number of ketones is 1. The van der Waals surface area contributed by atoms with E-state index in [1.54, 1.807) is 36.4 Å². The van der Waals surface area contributed by atoms with Crippen LogP contribution in [-0.2, 0) is 9.59 Å². The van der Waals surface area contributed by atoms with Crippen LogP contribution in [0.25, 0.3) is 0 Å². The van der Waals surface area contributed by atoms with E-state index >= 15 is 0 Å². The van der Waals surface area contributed by atoms with Crippen LogP contribution in [0, 0.1) is 17.8 Å². The highest BCUT2D eigenvalue weighted by Crippen LogP contribution is 2.41. The Kier molecular flexibility index (Phi) is 6.75. The molecule has 8 heteroatoms. The van der Waals surface area contributed by atoms with Gasteiger partial charge in [0.2, 0.25) is 0 Å². The molecule has 0 aromatic heterocycles. The quantitative estimate of drug-likeness (QED) is 0.450. The molecular formula is C26H27ClN2O5. The van der Waals surface area contributed by atoms with Crippen LogP contribution in [0.3, 0.4) is 0 Å². The van der Waals surface area contributed by atoms with E-state index in [1.165, 1.54) is 26.2 Å². The second kappa shape index (κ2) is 9.58. The molecule has 0 spiro atoms. The van der Waals surface area contributed by atoms with Crippen molar-refractivity contribution >= 4 is 35.1 Å². The number of imide groups is 1. The van der Waals surface area contributed by atoms with Crippen LogP contribution in [0.15, 0.2) is 48.5 Å². The summed E-state index contributed by atoms with van der Waals surface area (Å²) >= 11 is 5.98. The summed E-state index contributed by atoms with van der Waals surface area (Å²) in [5.41, 5.74) is 0.565. The molecule has 178 valence electrons. The standard InChI is InChI=1S/C26H27ClN2O5/c1-15-4-13-21-22(14-15)26(33)29(25(21)32)28(24(31)18-5-9-19(27)10-6-18)16(2)23(30)17-7-11-20(34-3)12-8-17/h5-12,15-16,21-22H,4,13-14H2,1-3H3/t15-,16+,21-,22+/m1/s1. The molecule has 4 atom stereocenters. The second-order valence-electron chi connectivity index (χ2n) is 9.04. The third-order valence-electron chi connectivity index (χ3n) is 6.80. The molecule has 0 radical (unpaired) electrons. The van der Waals surface area contributed by atoms with Crippen LogP contribution in [0.2, 0.25) is 5.02 Å². The predicted octanol–water partition coefficient (Wildman–Crippen LogP) is 4.40. The number of benzene rings is 2. The molecule has 0 unspecified atom stereocenters. The number of carbonyl (C=O) groups excluding carboxylic acids is 4. The zero-order valence-corrected chi connectivity index (χ0v) is 20.1. The lowest BCUT2D eigenvalue weighted by atomic mass is 9.76. The normalized spacial score (nSPS) is 22.8. The van der Waals surface area contributed by atoms with E-state index in [9.17, 15) is 19.2 Å². The van der Waals surface area contributed by atoms with Gasteiger partial charge < -0.3 is 4.74 Å².